The summed E-state index contributed by atoms with van der Waals surface area (Å²) < 4.78 is 5.23. The number of ether oxygens (including phenoxy) is 1. The lowest BCUT2D eigenvalue weighted by molar-refractivity contribution is -0.118. The van der Waals surface area contributed by atoms with E-state index < -0.39 is 0 Å². The summed E-state index contributed by atoms with van der Waals surface area (Å²) in [7, 11) is 1.69. The molecular weight excluding hydrogens is 324 g/mol. The molecular formula is C22H26N2O2. The lowest BCUT2D eigenvalue weighted by atomic mass is 10.2. The molecule has 0 bridgehead atoms. The molecule has 4 heteroatoms. The summed E-state index contributed by atoms with van der Waals surface area (Å²) in [6, 6.07) is 17.1. The average molecular weight is 350 g/mol. The van der Waals surface area contributed by atoms with Crippen LogP contribution in [0.25, 0.3) is 0 Å². The summed E-state index contributed by atoms with van der Waals surface area (Å²) in [4.78, 5) is 17.2. The summed E-state index contributed by atoms with van der Waals surface area (Å²) in [6.07, 6.45) is 4.05. The third-order valence-electron chi connectivity index (χ3n) is 5.41. The van der Waals surface area contributed by atoms with E-state index >= 15 is 0 Å². The predicted molar refractivity (Wildman–Crippen MR) is 104 cm³/mol. The molecule has 0 spiro atoms. The van der Waals surface area contributed by atoms with Gasteiger partial charge >= 0.3 is 0 Å². The molecule has 26 heavy (non-hydrogen) atoms. The number of methoxy groups -OCH3 is 1. The first kappa shape index (κ1) is 17.1. The number of fused-ring (bicyclic) bond motifs is 1. The van der Waals surface area contributed by atoms with Crippen molar-refractivity contribution < 1.29 is 9.53 Å². The van der Waals surface area contributed by atoms with Crippen LogP contribution in [0.5, 0.6) is 5.75 Å². The van der Waals surface area contributed by atoms with E-state index in [2.05, 4.69) is 35.2 Å². The molecule has 0 saturated heterocycles. The Hall–Kier alpha value is -2.33. The van der Waals surface area contributed by atoms with Gasteiger partial charge in [0.2, 0.25) is 5.91 Å². The van der Waals surface area contributed by atoms with E-state index in [0.29, 0.717) is 12.5 Å². The first-order valence-electron chi connectivity index (χ1n) is 9.50. The van der Waals surface area contributed by atoms with Gasteiger partial charge in [0.15, 0.2) is 0 Å². The molecule has 136 valence electrons. The van der Waals surface area contributed by atoms with Crippen LogP contribution in [-0.2, 0) is 17.8 Å². The van der Waals surface area contributed by atoms with Crippen LogP contribution in [0.1, 0.15) is 30.4 Å². The van der Waals surface area contributed by atoms with Crippen molar-refractivity contribution in [3.8, 4) is 5.75 Å². The number of rotatable bonds is 7. The second-order valence-electron chi connectivity index (χ2n) is 7.22. The van der Waals surface area contributed by atoms with Crippen molar-refractivity contribution in [3.63, 3.8) is 0 Å². The largest absolute Gasteiger partial charge is 0.497 e. The van der Waals surface area contributed by atoms with Gasteiger partial charge in [-0.25, -0.2) is 0 Å². The van der Waals surface area contributed by atoms with E-state index in [1.54, 1.807) is 7.11 Å². The lowest BCUT2D eigenvalue weighted by Gasteiger charge is -2.24. The molecule has 2 aromatic rings. The molecule has 0 aromatic heterocycles. The molecule has 1 amide bonds. The minimum Gasteiger partial charge on any atom is -0.497 e. The van der Waals surface area contributed by atoms with E-state index in [1.165, 1.54) is 24.0 Å². The second-order valence-corrected chi connectivity index (χ2v) is 7.22. The molecule has 0 radical (unpaired) electrons. The van der Waals surface area contributed by atoms with Gasteiger partial charge in [0, 0.05) is 37.8 Å². The van der Waals surface area contributed by atoms with Crippen molar-refractivity contribution in [2.75, 3.05) is 25.1 Å². The highest BCUT2D eigenvalue weighted by atomic mass is 16.5. The minimum atomic E-state index is 0.246. The zero-order chi connectivity index (χ0) is 17.9. The van der Waals surface area contributed by atoms with Crippen molar-refractivity contribution in [3.05, 3.63) is 59.7 Å². The molecule has 1 fully saturated rings. The molecule has 1 saturated carbocycles. The number of hydrogen-bond acceptors (Lipinski definition) is 3. The van der Waals surface area contributed by atoms with Crippen LogP contribution in [0.15, 0.2) is 48.5 Å². The molecule has 2 aromatic carbocycles. The number of para-hydroxylation sites is 1. The number of carbonyl (C=O) groups is 1. The van der Waals surface area contributed by atoms with Gasteiger partial charge in [0.1, 0.15) is 5.75 Å². The maximum Gasteiger partial charge on any atom is 0.228 e. The number of anilines is 1. The quantitative estimate of drug-likeness (QED) is 0.764. The Kier molecular flexibility index (Phi) is 4.93. The van der Waals surface area contributed by atoms with Gasteiger partial charge in [-0.1, -0.05) is 30.3 Å². The topological polar surface area (TPSA) is 32.8 Å². The van der Waals surface area contributed by atoms with Gasteiger partial charge < -0.3 is 9.64 Å². The highest BCUT2D eigenvalue weighted by molar-refractivity contribution is 5.95. The number of amides is 1. The summed E-state index contributed by atoms with van der Waals surface area (Å²) in [6.45, 7) is 2.55. The van der Waals surface area contributed by atoms with E-state index in [1.807, 2.05) is 23.1 Å². The van der Waals surface area contributed by atoms with Crippen molar-refractivity contribution >= 4 is 11.6 Å². The Morgan fingerprint density at radius 1 is 1.15 bits per heavy atom. The molecule has 0 atom stereocenters. The smallest absolute Gasteiger partial charge is 0.228 e. The molecule has 1 heterocycles. The first-order chi connectivity index (χ1) is 12.7. The Morgan fingerprint density at radius 2 is 1.92 bits per heavy atom. The maximum atomic E-state index is 12.8. The van der Waals surface area contributed by atoms with Crippen LogP contribution in [0.4, 0.5) is 5.69 Å². The third-order valence-corrected chi connectivity index (χ3v) is 5.41. The minimum absolute atomic E-state index is 0.246. The molecule has 4 rings (SSSR count). The maximum absolute atomic E-state index is 12.8. The van der Waals surface area contributed by atoms with Gasteiger partial charge in [-0.3, -0.25) is 9.69 Å². The molecule has 0 unspecified atom stereocenters. The molecule has 0 N–H and O–H groups in total. The monoisotopic (exact) mass is 350 g/mol. The van der Waals surface area contributed by atoms with E-state index in [4.69, 9.17) is 4.74 Å². The zero-order valence-electron chi connectivity index (χ0n) is 15.4. The summed E-state index contributed by atoms with van der Waals surface area (Å²) in [5.74, 6) is 1.13. The van der Waals surface area contributed by atoms with Gasteiger partial charge in [0.25, 0.3) is 0 Å². The fourth-order valence-electron chi connectivity index (χ4n) is 3.77. The molecule has 1 aliphatic heterocycles. The summed E-state index contributed by atoms with van der Waals surface area (Å²) >= 11 is 0. The molecule has 4 nitrogen and oxygen atoms in total. The Bertz CT molecular complexity index is 768. The number of benzene rings is 2. The average Bonchev–Trinajstić information content (AvgIpc) is 3.44. The SMILES string of the molecule is COc1ccc(CN(CCC(=O)N2CCc3ccccc32)C2CC2)cc1. The normalized spacial score (nSPS) is 16.0. The fraction of sp³-hybridized carbons (Fsp3) is 0.409. The zero-order valence-corrected chi connectivity index (χ0v) is 15.4. The van der Waals surface area contributed by atoms with E-state index in [-0.39, 0.29) is 5.91 Å². The van der Waals surface area contributed by atoms with Crippen LogP contribution in [0, 0.1) is 0 Å². The van der Waals surface area contributed by atoms with Gasteiger partial charge in [-0.05, 0) is 48.6 Å². The predicted octanol–water partition coefficient (Wildman–Crippen LogP) is 3.64. The van der Waals surface area contributed by atoms with Crippen LogP contribution < -0.4 is 9.64 Å². The van der Waals surface area contributed by atoms with Crippen LogP contribution in [0.3, 0.4) is 0 Å². The van der Waals surface area contributed by atoms with E-state index in [9.17, 15) is 4.79 Å². The fourth-order valence-corrected chi connectivity index (χ4v) is 3.77. The second kappa shape index (κ2) is 7.50. The van der Waals surface area contributed by atoms with Crippen molar-refractivity contribution in [1.29, 1.82) is 0 Å². The number of hydrogen-bond donors (Lipinski definition) is 0. The Balaban J connectivity index is 1.36. The summed E-state index contributed by atoms with van der Waals surface area (Å²) in [5, 5.41) is 0. The third kappa shape index (κ3) is 3.75. The lowest BCUT2D eigenvalue weighted by Crippen LogP contribution is -2.34. The Labute approximate surface area is 155 Å². The van der Waals surface area contributed by atoms with Crippen LogP contribution in [0.2, 0.25) is 0 Å². The van der Waals surface area contributed by atoms with Gasteiger partial charge in [-0.15, -0.1) is 0 Å². The highest BCUT2D eigenvalue weighted by Gasteiger charge is 2.30. The van der Waals surface area contributed by atoms with Crippen molar-refractivity contribution in [2.24, 2.45) is 0 Å². The van der Waals surface area contributed by atoms with Gasteiger partial charge in [0.05, 0.1) is 7.11 Å². The molecule has 1 aliphatic carbocycles. The van der Waals surface area contributed by atoms with Crippen LogP contribution >= 0.6 is 0 Å². The summed E-state index contributed by atoms with van der Waals surface area (Å²) in [5.41, 5.74) is 3.67. The standard InChI is InChI=1S/C22H26N2O2/c1-26-20-10-6-17(7-11-20)16-23(19-8-9-19)14-13-22(25)24-15-12-18-4-2-3-5-21(18)24/h2-7,10-11,19H,8-9,12-16H2,1H3. The number of carbonyl (C=O) groups excluding carboxylic acids is 1. The first-order valence-corrected chi connectivity index (χ1v) is 9.50. The van der Waals surface area contributed by atoms with Crippen molar-refractivity contribution in [2.45, 2.75) is 38.3 Å². The Morgan fingerprint density at radius 3 is 2.65 bits per heavy atom. The van der Waals surface area contributed by atoms with Crippen LogP contribution in [-0.4, -0.2) is 37.0 Å². The van der Waals surface area contributed by atoms with Crippen molar-refractivity contribution in [1.82, 2.24) is 4.90 Å². The molecule has 2 aliphatic rings. The number of nitrogens with zero attached hydrogens (tertiary/aromatic N) is 2. The van der Waals surface area contributed by atoms with E-state index in [0.717, 1.165) is 37.5 Å². The highest BCUT2D eigenvalue weighted by Crippen LogP contribution is 2.30. The van der Waals surface area contributed by atoms with Gasteiger partial charge in [-0.2, -0.15) is 0 Å².